The van der Waals surface area contributed by atoms with Crippen LogP contribution in [-0.2, 0) is 4.79 Å². The molecule has 2 aromatic rings. The molecule has 2 N–H and O–H groups in total. The molecule has 0 atom stereocenters. The molecule has 0 bridgehead atoms. The van der Waals surface area contributed by atoms with Crippen molar-refractivity contribution in [2.24, 2.45) is 5.92 Å². The summed E-state index contributed by atoms with van der Waals surface area (Å²) in [7, 11) is 0. The predicted octanol–water partition coefficient (Wildman–Crippen LogP) is 3.32. The lowest BCUT2D eigenvalue weighted by Crippen LogP contribution is -2.30. The highest BCUT2D eigenvalue weighted by Gasteiger charge is 2.21. The average molecular weight is 336 g/mol. The number of nitrogens with zero attached hydrogens (tertiary/aromatic N) is 2. The number of H-pyrrole nitrogens is 1. The SMILES string of the molecule is O=C(NCCCSc1n[nH]c(-c2cccs2)n1)C1CCCC1. The Labute approximate surface area is 138 Å². The van der Waals surface area contributed by atoms with E-state index in [0.717, 1.165) is 47.4 Å². The van der Waals surface area contributed by atoms with Crippen LogP contribution in [0.2, 0.25) is 0 Å². The number of rotatable bonds is 7. The normalized spacial score (nSPS) is 15.3. The van der Waals surface area contributed by atoms with Crippen molar-refractivity contribution < 1.29 is 4.79 Å². The summed E-state index contributed by atoms with van der Waals surface area (Å²) in [5.74, 6) is 2.23. The molecule has 1 aliphatic rings. The molecule has 3 rings (SSSR count). The van der Waals surface area contributed by atoms with Gasteiger partial charge in [-0.05, 0) is 30.7 Å². The van der Waals surface area contributed by atoms with E-state index in [1.165, 1.54) is 12.8 Å². The van der Waals surface area contributed by atoms with Gasteiger partial charge < -0.3 is 5.32 Å². The Hall–Kier alpha value is -1.34. The molecule has 0 radical (unpaired) electrons. The fourth-order valence-electron chi connectivity index (χ4n) is 2.61. The van der Waals surface area contributed by atoms with Gasteiger partial charge in [0.05, 0.1) is 4.88 Å². The van der Waals surface area contributed by atoms with Gasteiger partial charge in [-0.15, -0.1) is 16.4 Å². The first-order valence-electron chi connectivity index (χ1n) is 7.70. The van der Waals surface area contributed by atoms with Crippen LogP contribution < -0.4 is 5.32 Å². The van der Waals surface area contributed by atoms with E-state index in [9.17, 15) is 4.79 Å². The van der Waals surface area contributed by atoms with Crippen molar-refractivity contribution in [2.75, 3.05) is 12.3 Å². The van der Waals surface area contributed by atoms with Crippen LogP contribution in [0.4, 0.5) is 0 Å². The predicted molar refractivity (Wildman–Crippen MR) is 90.0 cm³/mol. The van der Waals surface area contributed by atoms with Gasteiger partial charge in [-0.1, -0.05) is 30.7 Å². The van der Waals surface area contributed by atoms with Gasteiger partial charge in [0, 0.05) is 18.2 Å². The summed E-state index contributed by atoms with van der Waals surface area (Å²) in [5.41, 5.74) is 0. The Morgan fingerprint density at radius 3 is 3.09 bits per heavy atom. The van der Waals surface area contributed by atoms with Gasteiger partial charge in [-0.25, -0.2) is 4.98 Å². The monoisotopic (exact) mass is 336 g/mol. The molecule has 1 amide bonds. The van der Waals surface area contributed by atoms with Crippen LogP contribution >= 0.6 is 23.1 Å². The average Bonchev–Trinajstić information content (AvgIpc) is 3.26. The molecule has 7 heteroatoms. The summed E-state index contributed by atoms with van der Waals surface area (Å²) in [5, 5.41) is 13.0. The van der Waals surface area contributed by atoms with Gasteiger partial charge >= 0.3 is 0 Å². The van der Waals surface area contributed by atoms with E-state index in [0.29, 0.717) is 0 Å². The third kappa shape index (κ3) is 4.10. The molecule has 22 heavy (non-hydrogen) atoms. The van der Waals surface area contributed by atoms with Gasteiger partial charge in [-0.2, -0.15) is 0 Å². The molecule has 0 aromatic carbocycles. The number of aromatic nitrogens is 3. The molecule has 2 aromatic heterocycles. The molecule has 1 fully saturated rings. The number of thioether (sulfide) groups is 1. The first kappa shape index (κ1) is 15.6. The molecule has 1 saturated carbocycles. The van der Waals surface area contributed by atoms with Crippen molar-refractivity contribution in [3.05, 3.63) is 17.5 Å². The smallest absolute Gasteiger partial charge is 0.223 e. The van der Waals surface area contributed by atoms with Crippen LogP contribution in [0.3, 0.4) is 0 Å². The number of nitrogens with one attached hydrogen (secondary N) is 2. The maximum absolute atomic E-state index is 11.9. The van der Waals surface area contributed by atoms with Crippen LogP contribution in [0.5, 0.6) is 0 Å². The minimum atomic E-state index is 0.236. The minimum Gasteiger partial charge on any atom is -0.356 e. The highest BCUT2D eigenvalue weighted by Crippen LogP contribution is 2.25. The topological polar surface area (TPSA) is 70.7 Å². The van der Waals surface area contributed by atoms with E-state index in [1.807, 2.05) is 17.5 Å². The molecular weight excluding hydrogens is 316 g/mol. The van der Waals surface area contributed by atoms with Gasteiger partial charge in [-0.3, -0.25) is 9.89 Å². The summed E-state index contributed by atoms with van der Waals surface area (Å²) >= 11 is 3.27. The number of aromatic amines is 1. The summed E-state index contributed by atoms with van der Waals surface area (Å²) in [6, 6.07) is 4.03. The van der Waals surface area contributed by atoms with Crippen LogP contribution in [0, 0.1) is 5.92 Å². The molecule has 5 nitrogen and oxygen atoms in total. The lowest BCUT2D eigenvalue weighted by atomic mass is 10.1. The minimum absolute atomic E-state index is 0.236. The summed E-state index contributed by atoms with van der Waals surface area (Å²) in [6.07, 6.45) is 5.45. The van der Waals surface area contributed by atoms with Crippen LogP contribution in [0.25, 0.3) is 10.7 Å². The molecular formula is C15H20N4OS2. The molecule has 118 valence electrons. The fraction of sp³-hybridized carbons (Fsp3) is 0.533. The summed E-state index contributed by atoms with van der Waals surface area (Å²) in [6.45, 7) is 0.741. The molecule has 0 aliphatic heterocycles. The lowest BCUT2D eigenvalue weighted by Gasteiger charge is -2.09. The number of hydrogen-bond donors (Lipinski definition) is 2. The number of carbonyl (C=O) groups excluding carboxylic acids is 1. The van der Waals surface area contributed by atoms with Crippen molar-refractivity contribution in [1.82, 2.24) is 20.5 Å². The van der Waals surface area contributed by atoms with E-state index < -0.39 is 0 Å². The third-order valence-corrected chi connectivity index (χ3v) is 5.61. The number of carbonyl (C=O) groups is 1. The zero-order valence-corrected chi connectivity index (χ0v) is 14.0. The van der Waals surface area contributed by atoms with Crippen LogP contribution in [0.15, 0.2) is 22.7 Å². The zero-order chi connectivity index (χ0) is 15.2. The van der Waals surface area contributed by atoms with Crippen LogP contribution in [0.1, 0.15) is 32.1 Å². The second kappa shape index (κ2) is 7.78. The van der Waals surface area contributed by atoms with E-state index in [-0.39, 0.29) is 11.8 Å². The second-order valence-corrected chi connectivity index (χ2v) is 7.43. The standard InChI is InChI=1S/C15H20N4OS2/c20-14(11-5-1-2-6-11)16-8-4-10-22-15-17-13(18-19-15)12-7-3-9-21-12/h3,7,9,11H,1-2,4-6,8,10H2,(H,16,20)(H,17,18,19). The van der Waals surface area contributed by atoms with E-state index in [1.54, 1.807) is 23.1 Å². The number of thiophene rings is 1. The third-order valence-electron chi connectivity index (χ3n) is 3.80. The van der Waals surface area contributed by atoms with E-state index in [4.69, 9.17) is 0 Å². The van der Waals surface area contributed by atoms with Gasteiger partial charge in [0.25, 0.3) is 0 Å². The fourth-order valence-corrected chi connectivity index (χ4v) is 4.02. The van der Waals surface area contributed by atoms with Crippen LogP contribution in [-0.4, -0.2) is 33.4 Å². The Kier molecular flexibility index (Phi) is 5.50. The van der Waals surface area contributed by atoms with Crippen molar-refractivity contribution in [3.63, 3.8) is 0 Å². The quantitative estimate of drug-likeness (QED) is 0.601. The van der Waals surface area contributed by atoms with Gasteiger partial charge in [0.2, 0.25) is 11.1 Å². The van der Waals surface area contributed by atoms with Gasteiger partial charge in [0.15, 0.2) is 5.82 Å². The second-order valence-electron chi connectivity index (χ2n) is 5.42. The Bertz CT molecular complexity index is 590. The van der Waals surface area contributed by atoms with E-state index in [2.05, 4.69) is 20.5 Å². The summed E-state index contributed by atoms with van der Waals surface area (Å²) in [4.78, 5) is 17.4. The summed E-state index contributed by atoms with van der Waals surface area (Å²) < 4.78 is 0. The largest absolute Gasteiger partial charge is 0.356 e. The first-order chi connectivity index (χ1) is 10.8. The molecule has 0 unspecified atom stereocenters. The Morgan fingerprint density at radius 1 is 1.45 bits per heavy atom. The maximum atomic E-state index is 11.9. The molecule has 1 aliphatic carbocycles. The molecule has 0 saturated heterocycles. The van der Waals surface area contributed by atoms with Crippen molar-refractivity contribution in [3.8, 4) is 10.7 Å². The highest BCUT2D eigenvalue weighted by molar-refractivity contribution is 7.99. The van der Waals surface area contributed by atoms with Gasteiger partial charge in [0.1, 0.15) is 0 Å². The number of hydrogen-bond acceptors (Lipinski definition) is 5. The maximum Gasteiger partial charge on any atom is 0.223 e. The van der Waals surface area contributed by atoms with Crippen molar-refractivity contribution >= 4 is 29.0 Å². The number of amides is 1. The Morgan fingerprint density at radius 2 is 2.32 bits per heavy atom. The molecule has 2 heterocycles. The first-order valence-corrected chi connectivity index (χ1v) is 9.56. The zero-order valence-electron chi connectivity index (χ0n) is 12.4. The molecule has 0 spiro atoms. The van der Waals surface area contributed by atoms with Crippen molar-refractivity contribution in [1.29, 1.82) is 0 Å². The lowest BCUT2D eigenvalue weighted by molar-refractivity contribution is -0.124. The Balaban J connectivity index is 1.34. The highest BCUT2D eigenvalue weighted by atomic mass is 32.2. The van der Waals surface area contributed by atoms with E-state index >= 15 is 0 Å². The van der Waals surface area contributed by atoms with Crippen molar-refractivity contribution in [2.45, 2.75) is 37.3 Å².